The molecule has 2 heterocycles. The van der Waals surface area contributed by atoms with E-state index in [1.54, 1.807) is 25.1 Å². The summed E-state index contributed by atoms with van der Waals surface area (Å²) in [5.74, 6) is 1.84. The van der Waals surface area contributed by atoms with Gasteiger partial charge < -0.3 is 9.47 Å². The quantitative estimate of drug-likeness (QED) is 0.844. The molecule has 2 aromatic rings. The van der Waals surface area contributed by atoms with Crippen LogP contribution in [0.4, 0.5) is 0 Å². The van der Waals surface area contributed by atoms with Crippen molar-refractivity contribution in [2.24, 2.45) is 0 Å². The van der Waals surface area contributed by atoms with Gasteiger partial charge in [0.15, 0.2) is 11.5 Å². The molecule has 22 heavy (non-hydrogen) atoms. The number of nitriles is 1. The van der Waals surface area contributed by atoms with E-state index in [9.17, 15) is 0 Å². The molecule has 1 aliphatic heterocycles. The van der Waals surface area contributed by atoms with Gasteiger partial charge in [0.25, 0.3) is 0 Å². The molecule has 0 unspecified atom stereocenters. The molecule has 1 aliphatic rings. The molecule has 0 bridgehead atoms. The number of benzene rings is 1. The number of nitrogens with zero attached hydrogens (tertiary/aromatic N) is 5. The summed E-state index contributed by atoms with van der Waals surface area (Å²) >= 11 is 0. The van der Waals surface area contributed by atoms with Crippen molar-refractivity contribution in [2.75, 3.05) is 20.8 Å². The van der Waals surface area contributed by atoms with Gasteiger partial charge in [0.1, 0.15) is 12.4 Å². The molecule has 3 rings (SSSR count). The van der Waals surface area contributed by atoms with Crippen molar-refractivity contribution in [1.29, 1.82) is 5.26 Å². The van der Waals surface area contributed by atoms with E-state index in [-0.39, 0.29) is 0 Å². The highest BCUT2D eigenvalue weighted by atomic mass is 16.5. The van der Waals surface area contributed by atoms with Crippen LogP contribution in [0, 0.1) is 11.3 Å². The van der Waals surface area contributed by atoms with Gasteiger partial charge >= 0.3 is 0 Å². The van der Waals surface area contributed by atoms with Crippen molar-refractivity contribution in [3.05, 3.63) is 35.4 Å². The van der Waals surface area contributed by atoms with Crippen LogP contribution < -0.4 is 9.47 Å². The Kier molecular flexibility index (Phi) is 3.94. The predicted octanol–water partition coefficient (Wildman–Crippen LogP) is 1.18. The molecule has 1 aromatic heterocycles. The minimum Gasteiger partial charge on any atom is -0.493 e. The number of methoxy groups -OCH3 is 2. The Bertz CT molecular complexity index is 719. The van der Waals surface area contributed by atoms with Gasteiger partial charge in [0.2, 0.25) is 5.82 Å². The summed E-state index contributed by atoms with van der Waals surface area (Å²) in [5.41, 5.74) is 2.49. The van der Waals surface area contributed by atoms with Gasteiger partial charge in [-0.15, -0.1) is 10.2 Å². The minimum atomic E-state index is 0.332. The van der Waals surface area contributed by atoms with Gasteiger partial charge in [0.05, 0.1) is 20.9 Å². The largest absolute Gasteiger partial charge is 0.493 e. The Labute approximate surface area is 128 Å². The van der Waals surface area contributed by atoms with Crippen LogP contribution in [-0.4, -0.2) is 40.4 Å². The molecule has 0 N–H and O–H groups in total. The lowest BCUT2D eigenvalue weighted by Crippen LogP contribution is -2.32. The van der Waals surface area contributed by atoms with Crippen LogP contribution in [0.25, 0.3) is 0 Å². The average Bonchev–Trinajstić information content (AvgIpc) is 3.00. The van der Waals surface area contributed by atoms with Gasteiger partial charge in [-0.3, -0.25) is 9.47 Å². The van der Waals surface area contributed by atoms with Crippen LogP contribution in [0.2, 0.25) is 0 Å². The van der Waals surface area contributed by atoms with Gasteiger partial charge in [-0.25, -0.2) is 0 Å². The first-order chi connectivity index (χ1) is 10.7. The lowest BCUT2D eigenvalue weighted by atomic mass is 9.99. The second-order valence-electron chi connectivity index (χ2n) is 5.16. The molecule has 0 saturated heterocycles. The zero-order chi connectivity index (χ0) is 15.5. The van der Waals surface area contributed by atoms with Crippen LogP contribution in [-0.2, 0) is 19.6 Å². The van der Waals surface area contributed by atoms with Crippen LogP contribution >= 0.6 is 0 Å². The van der Waals surface area contributed by atoms with Gasteiger partial charge in [-0.1, -0.05) is 0 Å². The normalized spacial score (nSPS) is 14.2. The van der Waals surface area contributed by atoms with Crippen molar-refractivity contribution in [1.82, 2.24) is 19.7 Å². The number of rotatable bonds is 4. The van der Waals surface area contributed by atoms with Crippen molar-refractivity contribution < 1.29 is 9.47 Å². The molecule has 0 aliphatic carbocycles. The molecule has 0 fully saturated rings. The van der Waals surface area contributed by atoms with E-state index in [2.05, 4.69) is 15.1 Å². The predicted molar refractivity (Wildman–Crippen MR) is 78.4 cm³/mol. The summed E-state index contributed by atoms with van der Waals surface area (Å²) in [4.78, 5) is 2.25. The molecule has 0 amide bonds. The lowest BCUT2D eigenvalue weighted by molar-refractivity contribution is 0.198. The van der Waals surface area contributed by atoms with Gasteiger partial charge in [0, 0.05) is 13.1 Å². The summed E-state index contributed by atoms with van der Waals surface area (Å²) in [5, 5.41) is 16.6. The molecule has 7 heteroatoms. The van der Waals surface area contributed by atoms with Crippen LogP contribution in [0.15, 0.2) is 18.5 Å². The SMILES string of the molecule is COc1cc2c(cc1OC)CN(Cn1cnnc1C#N)CC2. The molecule has 1 aromatic carbocycles. The van der Waals surface area contributed by atoms with Gasteiger partial charge in [-0.05, 0) is 29.7 Å². The first-order valence-corrected chi connectivity index (χ1v) is 6.99. The standard InChI is InChI=1S/C15H17N5O2/c1-21-13-5-11-3-4-19(8-12(11)6-14(13)22-2)10-20-9-17-18-15(20)7-16/h5-6,9H,3-4,8,10H2,1-2H3. The maximum Gasteiger partial charge on any atom is 0.235 e. The smallest absolute Gasteiger partial charge is 0.235 e. The van der Waals surface area contributed by atoms with E-state index >= 15 is 0 Å². The number of fused-ring (bicyclic) bond motifs is 1. The number of hydrogen-bond acceptors (Lipinski definition) is 6. The Morgan fingerprint density at radius 3 is 2.64 bits per heavy atom. The molecular formula is C15H17N5O2. The molecule has 0 saturated carbocycles. The van der Waals surface area contributed by atoms with Crippen molar-refractivity contribution in [3.63, 3.8) is 0 Å². The van der Waals surface area contributed by atoms with Crippen LogP contribution in [0.1, 0.15) is 17.0 Å². The Morgan fingerprint density at radius 2 is 1.95 bits per heavy atom. The summed E-state index contributed by atoms with van der Waals surface area (Å²) in [6.45, 7) is 2.30. The van der Waals surface area contributed by atoms with Crippen LogP contribution in [0.3, 0.4) is 0 Å². The van der Waals surface area contributed by atoms with Crippen LogP contribution in [0.5, 0.6) is 11.5 Å². The second kappa shape index (κ2) is 6.03. The maximum atomic E-state index is 9.00. The average molecular weight is 299 g/mol. The van der Waals surface area contributed by atoms with E-state index in [1.165, 1.54) is 11.1 Å². The highest BCUT2D eigenvalue weighted by Gasteiger charge is 2.20. The number of hydrogen-bond donors (Lipinski definition) is 0. The lowest BCUT2D eigenvalue weighted by Gasteiger charge is -2.29. The Balaban J connectivity index is 1.80. The van der Waals surface area contributed by atoms with E-state index < -0.39 is 0 Å². The fourth-order valence-electron chi connectivity index (χ4n) is 2.72. The highest BCUT2D eigenvalue weighted by Crippen LogP contribution is 2.33. The fourth-order valence-corrected chi connectivity index (χ4v) is 2.72. The maximum absolute atomic E-state index is 9.00. The third kappa shape index (κ3) is 2.61. The van der Waals surface area contributed by atoms with Gasteiger partial charge in [-0.2, -0.15) is 5.26 Å². The highest BCUT2D eigenvalue weighted by molar-refractivity contribution is 5.48. The number of ether oxygens (including phenoxy) is 2. The first kappa shape index (κ1) is 14.4. The summed E-state index contributed by atoms with van der Waals surface area (Å²) in [6.07, 6.45) is 2.52. The number of aromatic nitrogens is 3. The molecule has 0 radical (unpaired) electrons. The molecular weight excluding hydrogens is 282 g/mol. The monoisotopic (exact) mass is 299 g/mol. The Hall–Kier alpha value is -2.59. The molecule has 7 nitrogen and oxygen atoms in total. The second-order valence-corrected chi connectivity index (χ2v) is 5.16. The van der Waals surface area contributed by atoms with E-state index in [4.69, 9.17) is 14.7 Å². The first-order valence-electron chi connectivity index (χ1n) is 6.99. The van der Waals surface area contributed by atoms with E-state index in [0.717, 1.165) is 31.0 Å². The minimum absolute atomic E-state index is 0.332. The Morgan fingerprint density at radius 1 is 1.23 bits per heavy atom. The van der Waals surface area contributed by atoms with Crippen molar-refractivity contribution in [3.8, 4) is 17.6 Å². The molecule has 0 atom stereocenters. The molecule has 0 spiro atoms. The molecule has 114 valence electrons. The summed E-state index contributed by atoms with van der Waals surface area (Å²) < 4.78 is 12.5. The fraction of sp³-hybridized carbons (Fsp3) is 0.400. The van der Waals surface area contributed by atoms with E-state index in [1.807, 2.05) is 18.2 Å². The topological polar surface area (TPSA) is 76.2 Å². The van der Waals surface area contributed by atoms with E-state index in [0.29, 0.717) is 12.5 Å². The summed E-state index contributed by atoms with van der Waals surface area (Å²) in [6, 6.07) is 6.12. The third-order valence-electron chi connectivity index (χ3n) is 3.86. The zero-order valence-corrected chi connectivity index (χ0v) is 12.6. The summed E-state index contributed by atoms with van der Waals surface area (Å²) in [7, 11) is 3.29. The third-order valence-corrected chi connectivity index (χ3v) is 3.86. The van der Waals surface area contributed by atoms with Crippen molar-refractivity contribution in [2.45, 2.75) is 19.6 Å². The zero-order valence-electron chi connectivity index (χ0n) is 12.6. The van der Waals surface area contributed by atoms with Crippen molar-refractivity contribution >= 4 is 0 Å².